The molecule has 2 bridgehead atoms. The third kappa shape index (κ3) is 1.55. The van der Waals surface area contributed by atoms with Crippen molar-refractivity contribution in [2.45, 2.75) is 51.4 Å². The lowest BCUT2D eigenvalue weighted by Crippen LogP contribution is -2.19. The molecule has 0 aromatic heterocycles. The Morgan fingerprint density at radius 1 is 0.750 bits per heavy atom. The normalized spacial score (nSPS) is 37.2. The number of carbonyl (C=O) groups is 1. The lowest BCUT2D eigenvalue weighted by Gasteiger charge is -2.12. The molecule has 2 fully saturated rings. The molecule has 0 N–H and O–H groups in total. The lowest BCUT2D eigenvalue weighted by molar-refractivity contribution is -0.126. The predicted octanol–water partition coefficient (Wildman–Crippen LogP) is 2.94. The number of hydrogen-bond acceptors (Lipinski definition) is 1. The fraction of sp³-hybridized carbons (Fsp3) is 0.909. The first-order valence-electron chi connectivity index (χ1n) is 5.41. The van der Waals surface area contributed by atoms with Crippen LogP contribution in [-0.2, 0) is 4.79 Å². The van der Waals surface area contributed by atoms with E-state index in [1.54, 1.807) is 0 Å². The van der Waals surface area contributed by atoms with Crippen molar-refractivity contribution in [3.8, 4) is 0 Å². The van der Waals surface area contributed by atoms with E-state index < -0.39 is 0 Å². The first-order valence-corrected chi connectivity index (χ1v) is 5.41. The summed E-state index contributed by atoms with van der Waals surface area (Å²) in [5.74, 6) is 1.53. The molecule has 0 aliphatic heterocycles. The van der Waals surface area contributed by atoms with Crippen LogP contribution in [0, 0.1) is 11.8 Å². The monoisotopic (exact) mass is 166 g/mol. The second-order valence-electron chi connectivity index (χ2n) is 4.37. The highest BCUT2D eigenvalue weighted by Crippen LogP contribution is 2.34. The van der Waals surface area contributed by atoms with Gasteiger partial charge in [0.25, 0.3) is 0 Å². The molecule has 0 saturated heterocycles. The minimum Gasteiger partial charge on any atom is -0.299 e. The summed E-state index contributed by atoms with van der Waals surface area (Å²) in [7, 11) is 0. The van der Waals surface area contributed by atoms with Gasteiger partial charge in [0.1, 0.15) is 5.78 Å². The van der Waals surface area contributed by atoms with Crippen LogP contribution in [0.25, 0.3) is 0 Å². The Morgan fingerprint density at radius 2 is 1.08 bits per heavy atom. The molecule has 1 heteroatoms. The molecular weight excluding hydrogens is 148 g/mol. The summed E-state index contributed by atoms with van der Waals surface area (Å²) in [6, 6.07) is 0. The zero-order valence-corrected chi connectivity index (χ0v) is 7.72. The van der Waals surface area contributed by atoms with Crippen molar-refractivity contribution >= 4 is 5.78 Å². The van der Waals surface area contributed by atoms with Gasteiger partial charge in [0, 0.05) is 11.8 Å². The van der Waals surface area contributed by atoms with Crippen LogP contribution < -0.4 is 0 Å². The van der Waals surface area contributed by atoms with E-state index in [2.05, 4.69) is 0 Å². The molecule has 1 nitrogen and oxygen atoms in total. The molecule has 0 heterocycles. The topological polar surface area (TPSA) is 17.1 Å². The molecule has 12 heavy (non-hydrogen) atoms. The molecule has 0 unspecified atom stereocenters. The number of hydrogen-bond donors (Lipinski definition) is 0. The summed E-state index contributed by atoms with van der Waals surface area (Å²) in [6.45, 7) is 0. The largest absolute Gasteiger partial charge is 0.299 e. The quantitative estimate of drug-likeness (QED) is 0.540. The number of Topliss-reactive ketones (excluding diaryl/α,β-unsaturated/α-hetero) is 1. The van der Waals surface area contributed by atoms with Crippen LogP contribution >= 0.6 is 0 Å². The van der Waals surface area contributed by atoms with Gasteiger partial charge < -0.3 is 0 Å². The summed E-state index contributed by atoms with van der Waals surface area (Å²) < 4.78 is 0. The van der Waals surface area contributed by atoms with Gasteiger partial charge in [0.05, 0.1) is 0 Å². The van der Waals surface area contributed by atoms with Crippen LogP contribution in [0.3, 0.4) is 0 Å². The van der Waals surface area contributed by atoms with Crippen LogP contribution in [-0.4, -0.2) is 5.78 Å². The third-order valence-corrected chi connectivity index (χ3v) is 3.52. The average Bonchev–Trinajstić information content (AvgIpc) is 2.37. The van der Waals surface area contributed by atoms with Gasteiger partial charge in [-0.15, -0.1) is 0 Å². The van der Waals surface area contributed by atoms with Gasteiger partial charge in [-0.2, -0.15) is 0 Å². The minimum absolute atomic E-state index is 0.458. The van der Waals surface area contributed by atoms with E-state index in [-0.39, 0.29) is 0 Å². The first-order chi connectivity index (χ1) is 5.88. The number of rotatable bonds is 0. The Morgan fingerprint density at radius 3 is 1.42 bits per heavy atom. The maximum atomic E-state index is 11.8. The van der Waals surface area contributed by atoms with Crippen LogP contribution in [0.4, 0.5) is 0 Å². The van der Waals surface area contributed by atoms with E-state index in [1.807, 2.05) is 0 Å². The van der Waals surface area contributed by atoms with Gasteiger partial charge in [0.2, 0.25) is 0 Å². The first kappa shape index (κ1) is 8.28. The molecule has 2 rings (SSSR count). The molecule has 0 spiro atoms. The SMILES string of the molecule is O=C1C2CCCCC1CCCC2. The molecule has 0 radical (unpaired) electrons. The van der Waals surface area contributed by atoms with E-state index in [4.69, 9.17) is 0 Å². The van der Waals surface area contributed by atoms with E-state index >= 15 is 0 Å². The van der Waals surface area contributed by atoms with Gasteiger partial charge >= 0.3 is 0 Å². The molecular formula is C11H18O. The van der Waals surface area contributed by atoms with Crippen molar-refractivity contribution in [1.29, 1.82) is 0 Å². The highest BCUT2D eigenvalue weighted by atomic mass is 16.1. The second kappa shape index (κ2) is 3.59. The molecule has 0 aromatic rings. The van der Waals surface area contributed by atoms with Crippen molar-refractivity contribution in [2.24, 2.45) is 11.8 Å². The fourth-order valence-electron chi connectivity index (χ4n) is 2.75. The molecule has 68 valence electrons. The van der Waals surface area contributed by atoms with Crippen molar-refractivity contribution in [3.63, 3.8) is 0 Å². The summed E-state index contributed by atoms with van der Waals surface area (Å²) in [5, 5.41) is 0. The van der Waals surface area contributed by atoms with Crippen LogP contribution in [0.1, 0.15) is 51.4 Å². The maximum absolute atomic E-state index is 11.8. The summed E-state index contributed by atoms with van der Waals surface area (Å²) in [5.41, 5.74) is 0. The van der Waals surface area contributed by atoms with Crippen LogP contribution in [0.15, 0.2) is 0 Å². The highest BCUT2D eigenvalue weighted by Gasteiger charge is 2.30. The van der Waals surface area contributed by atoms with Crippen LogP contribution in [0.2, 0.25) is 0 Å². The van der Waals surface area contributed by atoms with Gasteiger partial charge in [-0.25, -0.2) is 0 Å². The molecule has 2 aliphatic rings. The van der Waals surface area contributed by atoms with E-state index in [1.165, 1.54) is 51.4 Å². The van der Waals surface area contributed by atoms with E-state index in [9.17, 15) is 4.79 Å². The van der Waals surface area contributed by atoms with Crippen LogP contribution in [0.5, 0.6) is 0 Å². The lowest BCUT2D eigenvalue weighted by atomic mass is 9.90. The van der Waals surface area contributed by atoms with Gasteiger partial charge in [-0.3, -0.25) is 4.79 Å². The Labute approximate surface area is 74.5 Å². The smallest absolute Gasteiger partial charge is 0.139 e. The number of ketones is 1. The molecule has 0 amide bonds. The standard InChI is InChI=1S/C11H18O/c12-11-9-5-1-2-6-10(11)8-4-3-7-9/h9-10H,1-8H2. The fourth-order valence-corrected chi connectivity index (χ4v) is 2.75. The predicted molar refractivity (Wildman–Crippen MR) is 48.9 cm³/mol. The summed E-state index contributed by atoms with van der Waals surface area (Å²) in [4.78, 5) is 11.8. The zero-order valence-electron chi connectivity index (χ0n) is 7.72. The number of carbonyl (C=O) groups excluding carboxylic acids is 1. The Balaban J connectivity index is 2.12. The molecule has 2 aliphatic carbocycles. The van der Waals surface area contributed by atoms with Gasteiger partial charge in [-0.1, -0.05) is 25.7 Å². The highest BCUT2D eigenvalue weighted by molar-refractivity contribution is 5.83. The Bertz CT molecular complexity index is 144. The molecule has 0 aromatic carbocycles. The van der Waals surface area contributed by atoms with E-state index in [0.717, 1.165) is 0 Å². The van der Waals surface area contributed by atoms with Crippen molar-refractivity contribution < 1.29 is 4.79 Å². The second-order valence-corrected chi connectivity index (χ2v) is 4.37. The van der Waals surface area contributed by atoms with E-state index in [0.29, 0.717) is 17.6 Å². The third-order valence-electron chi connectivity index (χ3n) is 3.52. The molecule has 0 atom stereocenters. The van der Waals surface area contributed by atoms with Gasteiger partial charge in [-0.05, 0) is 25.7 Å². The molecule has 2 saturated carbocycles. The minimum atomic E-state index is 0.458. The number of fused-ring (bicyclic) bond motifs is 2. The van der Waals surface area contributed by atoms with Gasteiger partial charge in [0.15, 0.2) is 0 Å². The Kier molecular flexibility index (Phi) is 2.48. The van der Waals surface area contributed by atoms with Crippen molar-refractivity contribution in [3.05, 3.63) is 0 Å². The Hall–Kier alpha value is -0.330. The average molecular weight is 166 g/mol. The summed E-state index contributed by atoms with van der Waals surface area (Å²) in [6.07, 6.45) is 9.95. The van der Waals surface area contributed by atoms with Crippen molar-refractivity contribution in [1.82, 2.24) is 0 Å². The summed E-state index contributed by atoms with van der Waals surface area (Å²) >= 11 is 0. The maximum Gasteiger partial charge on any atom is 0.139 e. The van der Waals surface area contributed by atoms with Crippen molar-refractivity contribution in [2.75, 3.05) is 0 Å². The zero-order chi connectivity index (χ0) is 8.39.